The highest BCUT2D eigenvalue weighted by Gasteiger charge is 2.30. The first-order chi connectivity index (χ1) is 13.1. The molecule has 3 rings (SSSR count). The Morgan fingerprint density at radius 2 is 1.96 bits per heavy atom. The summed E-state index contributed by atoms with van der Waals surface area (Å²) < 4.78 is 38.2. The summed E-state index contributed by atoms with van der Waals surface area (Å²) in [5.41, 5.74) is 4.20. The van der Waals surface area contributed by atoms with E-state index >= 15 is 0 Å². The summed E-state index contributed by atoms with van der Waals surface area (Å²) in [6.07, 6.45) is 0. The number of hydrogen-bond donors (Lipinski definition) is 3. The standard InChI is InChI=1S/C19H20N2O6S/c1-19(23,17-9-12-5-3-4-6-15(12)27-17)11-21-28(24,25)13-7-8-16(26-2)14(10-13)18(20)22/h3-10,21,23H,11H2,1-2H3,(H2,20,22)/t19-/m1/s1. The summed E-state index contributed by atoms with van der Waals surface area (Å²) in [6.45, 7) is 1.10. The van der Waals surface area contributed by atoms with Gasteiger partial charge in [-0.1, -0.05) is 18.2 Å². The maximum atomic E-state index is 12.6. The monoisotopic (exact) mass is 404 g/mol. The van der Waals surface area contributed by atoms with Gasteiger partial charge in [-0.2, -0.15) is 0 Å². The molecular formula is C19H20N2O6S. The van der Waals surface area contributed by atoms with Crippen molar-refractivity contribution < 1.29 is 27.5 Å². The van der Waals surface area contributed by atoms with Crippen LogP contribution in [-0.4, -0.2) is 33.1 Å². The van der Waals surface area contributed by atoms with Crippen molar-refractivity contribution in [2.75, 3.05) is 13.7 Å². The minimum absolute atomic E-state index is 0.0607. The molecule has 1 amide bonds. The highest BCUT2D eigenvalue weighted by Crippen LogP contribution is 2.28. The summed E-state index contributed by atoms with van der Waals surface area (Å²) in [7, 11) is -2.68. The van der Waals surface area contributed by atoms with Gasteiger partial charge >= 0.3 is 0 Å². The van der Waals surface area contributed by atoms with Gasteiger partial charge in [0.1, 0.15) is 22.7 Å². The lowest BCUT2D eigenvalue weighted by Crippen LogP contribution is -2.38. The Hall–Kier alpha value is -2.88. The zero-order chi connectivity index (χ0) is 20.5. The molecule has 0 aliphatic heterocycles. The minimum atomic E-state index is -4.03. The van der Waals surface area contributed by atoms with E-state index < -0.39 is 21.5 Å². The maximum absolute atomic E-state index is 12.6. The number of primary amides is 1. The summed E-state index contributed by atoms with van der Waals surface area (Å²) >= 11 is 0. The van der Waals surface area contributed by atoms with Crippen molar-refractivity contribution in [2.45, 2.75) is 17.4 Å². The number of furan rings is 1. The number of carbonyl (C=O) groups is 1. The quantitative estimate of drug-likeness (QED) is 0.549. The van der Waals surface area contributed by atoms with Crippen molar-refractivity contribution in [2.24, 2.45) is 5.73 Å². The summed E-state index contributed by atoms with van der Waals surface area (Å²) in [4.78, 5) is 11.3. The van der Waals surface area contributed by atoms with Crippen LogP contribution in [0.15, 0.2) is 57.8 Å². The molecule has 1 aromatic heterocycles. The largest absolute Gasteiger partial charge is 0.496 e. The fourth-order valence-electron chi connectivity index (χ4n) is 2.70. The molecule has 3 aromatic rings. The lowest BCUT2D eigenvalue weighted by Gasteiger charge is -2.21. The predicted octanol–water partition coefficient (Wildman–Crippen LogP) is 1.73. The van der Waals surface area contributed by atoms with Crippen molar-refractivity contribution in [1.29, 1.82) is 0 Å². The number of fused-ring (bicyclic) bond motifs is 1. The van der Waals surface area contributed by atoms with Gasteiger partial charge in [0.15, 0.2) is 0 Å². The molecule has 1 heterocycles. The number of hydrogen-bond acceptors (Lipinski definition) is 6. The van der Waals surface area contributed by atoms with Gasteiger partial charge in [-0.05, 0) is 37.3 Å². The number of nitrogens with two attached hydrogens (primary N) is 1. The predicted molar refractivity (Wildman–Crippen MR) is 102 cm³/mol. The average molecular weight is 404 g/mol. The molecule has 148 valence electrons. The van der Waals surface area contributed by atoms with E-state index in [2.05, 4.69) is 4.72 Å². The molecule has 0 unspecified atom stereocenters. The first-order valence-corrected chi connectivity index (χ1v) is 9.81. The maximum Gasteiger partial charge on any atom is 0.252 e. The van der Waals surface area contributed by atoms with Crippen LogP contribution in [0, 0.1) is 0 Å². The topological polar surface area (TPSA) is 132 Å². The number of aliphatic hydroxyl groups is 1. The number of carbonyl (C=O) groups excluding carboxylic acids is 1. The Balaban J connectivity index is 1.84. The van der Waals surface area contributed by atoms with E-state index in [0.717, 1.165) is 11.5 Å². The zero-order valence-corrected chi connectivity index (χ0v) is 16.1. The fraction of sp³-hybridized carbons (Fsp3) is 0.211. The van der Waals surface area contributed by atoms with Gasteiger partial charge in [0.2, 0.25) is 10.0 Å². The molecule has 2 aromatic carbocycles. The van der Waals surface area contributed by atoms with Gasteiger partial charge < -0.3 is 20.0 Å². The van der Waals surface area contributed by atoms with Crippen molar-refractivity contribution in [1.82, 2.24) is 4.72 Å². The number of nitrogens with one attached hydrogen (secondary N) is 1. The first kappa shape index (κ1) is 19.9. The molecule has 0 aliphatic carbocycles. The van der Waals surface area contributed by atoms with Gasteiger partial charge in [-0.15, -0.1) is 0 Å². The summed E-state index contributed by atoms with van der Waals surface area (Å²) in [6, 6.07) is 12.6. The van der Waals surface area contributed by atoms with Gasteiger partial charge in [0.25, 0.3) is 5.91 Å². The lowest BCUT2D eigenvalue weighted by atomic mass is 10.0. The number of para-hydroxylation sites is 1. The molecule has 28 heavy (non-hydrogen) atoms. The second-order valence-corrected chi connectivity index (χ2v) is 8.24. The van der Waals surface area contributed by atoms with Crippen LogP contribution in [0.5, 0.6) is 5.75 Å². The second kappa shape index (κ2) is 7.27. The Bertz CT molecular complexity index is 1100. The molecule has 8 nitrogen and oxygen atoms in total. The molecule has 0 aliphatic rings. The molecule has 0 radical (unpaired) electrons. The van der Waals surface area contributed by atoms with Crippen LogP contribution in [-0.2, 0) is 15.6 Å². The normalized spacial score (nSPS) is 14.0. The lowest BCUT2D eigenvalue weighted by molar-refractivity contribution is 0.0412. The van der Waals surface area contributed by atoms with Gasteiger partial charge in [-0.3, -0.25) is 4.79 Å². The number of sulfonamides is 1. The van der Waals surface area contributed by atoms with Crippen molar-refractivity contribution in [3.05, 3.63) is 59.9 Å². The van der Waals surface area contributed by atoms with Gasteiger partial charge in [0.05, 0.1) is 17.6 Å². The van der Waals surface area contributed by atoms with Crippen molar-refractivity contribution in [3.63, 3.8) is 0 Å². The van der Waals surface area contributed by atoms with Crippen LogP contribution in [0.25, 0.3) is 11.0 Å². The van der Waals surface area contributed by atoms with Crippen LogP contribution in [0.3, 0.4) is 0 Å². The number of amides is 1. The Labute approximate surface area is 162 Å². The second-order valence-electron chi connectivity index (χ2n) is 6.47. The molecule has 1 atom stereocenters. The Morgan fingerprint density at radius 3 is 2.61 bits per heavy atom. The highest BCUT2D eigenvalue weighted by atomic mass is 32.2. The van der Waals surface area contributed by atoms with Crippen LogP contribution in [0.1, 0.15) is 23.0 Å². The number of methoxy groups -OCH3 is 1. The van der Waals surface area contributed by atoms with Crippen LogP contribution >= 0.6 is 0 Å². The third kappa shape index (κ3) is 3.86. The van der Waals surface area contributed by atoms with Crippen molar-refractivity contribution >= 4 is 26.9 Å². The van der Waals surface area contributed by atoms with E-state index in [1.807, 2.05) is 12.1 Å². The van der Waals surface area contributed by atoms with Crippen LogP contribution < -0.4 is 15.2 Å². The molecule has 0 saturated heterocycles. The first-order valence-electron chi connectivity index (χ1n) is 8.33. The van der Waals surface area contributed by atoms with Gasteiger partial charge in [0, 0.05) is 11.9 Å². The van der Waals surface area contributed by atoms with Crippen LogP contribution in [0.4, 0.5) is 0 Å². The van der Waals surface area contributed by atoms with Gasteiger partial charge in [-0.25, -0.2) is 13.1 Å². The molecule has 0 saturated carbocycles. The number of benzene rings is 2. The Kier molecular flexibility index (Phi) is 5.16. The molecule has 0 spiro atoms. The molecule has 0 bridgehead atoms. The third-order valence-electron chi connectivity index (χ3n) is 4.31. The van der Waals surface area contributed by atoms with E-state index in [4.69, 9.17) is 14.9 Å². The zero-order valence-electron chi connectivity index (χ0n) is 15.3. The molecular weight excluding hydrogens is 384 g/mol. The van der Waals surface area contributed by atoms with Crippen molar-refractivity contribution in [3.8, 4) is 5.75 Å². The SMILES string of the molecule is COc1ccc(S(=O)(=O)NC[C@@](C)(O)c2cc3ccccc3o2)cc1C(N)=O. The van der Waals surface area contributed by atoms with Crippen LogP contribution in [0.2, 0.25) is 0 Å². The molecule has 9 heteroatoms. The summed E-state index contributed by atoms with van der Waals surface area (Å²) in [5.74, 6) is -0.423. The van der Waals surface area contributed by atoms with E-state index in [9.17, 15) is 18.3 Å². The molecule has 4 N–H and O–H groups in total. The number of rotatable bonds is 7. The minimum Gasteiger partial charge on any atom is -0.496 e. The average Bonchev–Trinajstić information content (AvgIpc) is 3.11. The summed E-state index contributed by atoms with van der Waals surface area (Å²) in [5, 5.41) is 11.5. The highest BCUT2D eigenvalue weighted by molar-refractivity contribution is 7.89. The van der Waals surface area contributed by atoms with E-state index in [1.165, 1.54) is 26.2 Å². The van der Waals surface area contributed by atoms with E-state index in [1.54, 1.807) is 18.2 Å². The third-order valence-corrected chi connectivity index (χ3v) is 5.71. The Morgan fingerprint density at radius 1 is 1.25 bits per heavy atom. The van der Waals surface area contributed by atoms with E-state index in [0.29, 0.717) is 5.58 Å². The smallest absolute Gasteiger partial charge is 0.252 e. The van der Waals surface area contributed by atoms with E-state index in [-0.39, 0.29) is 28.5 Å². The number of ether oxygens (including phenoxy) is 1. The fourth-order valence-corrected chi connectivity index (χ4v) is 3.86. The molecule has 0 fully saturated rings.